The monoisotopic (exact) mass is 414 g/mol. The molecule has 3 rings (SSSR count). The van der Waals surface area contributed by atoms with E-state index in [4.69, 9.17) is 36.7 Å². The van der Waals surface area contributed by atoms with Crippen LogP contribution in [-0.2, 0) is 28.5 Å². The van der Waals surface area contributed by atoms with Gasteiger partial charge in [-0.15, -0.1) is 15.5 Å². The molecule has 136 valence electrons. The molecular formula is C6H6B2F2N6O6S3-2. The number of nitrogens with zero attached hydrogens (tertiary/aromatic N) is 3. The molecule has 3 heterocycles. The zero-order valence-electron chi connectivity index (χ0n) is 11.7. The van der Waals surface area contributed by atoms with E-state index in [1.807, 2.05) is 16.4 Å². The molecule has 3 aliphatic heterocycles. The summed E-state index contributed by atoms with van der Waals surface area (Å²) in [5.41, 5.74) is 5.71. The molecule has 0 aromatic rings. The molecule has 0 radical (unpaired) electrons. The Morgan fingerprint density at radius 1 is 0.680 bits per heavy atom. The first-order valence-electron chi connectivity index (χ1n) is 6.01. The average Bonchev–Trinajstić information content (AvgIpc) is 2.55. The maximum atomic E-state index is 14.5. The second-order valence-electron chi connectivity index (χ2n) is 3.88. The topological polar surface area (TPSA) is 129 Å². The number of halogens is 2. The molecule has 0 unspecified atom stereocenters. The Balaban J connectivity index is 2.37. The van der Waals surface area contributed by atoms with Crippen LogP contribution < -0.4 is 16.4 Å². The summed E-state index contributed by atoms with van der Waals surface area (Å²) in [6, 6.07) is 0. The van der Waals surface area contributed by atoms with Gasteiger partial charge >= 0.3 is 14.1 Å². The molecule has 0 spiro atoms. The smallest absolute Gasteiger partial charge is 0.510 e. The van der Waals surface area contributed by atoms with Crippen molar-refractivity contribution in [2.24, 2.45) is 15.5 Å². The van der Waals surface area contributed by atoms with Gasteiger partial charge in [0.05, 0.1) is 18.6 Å². The Bertz CT molecular complexity index is 573. The van der Waals surface area contributed by atoms with Crippen LogP contribution in [-0.4, -0.2) is 47.7 Å². The fourth-order valence-corrected chi connectivity index (χ4v) is 1.32. The lowest BCUT2D eigenvalue weighted by Crippen LogP contribution is -2.54. The van der Waals surface area contributed by atoms with Crippen molar-refractivity contribution in [3.05, 3.63) is 0 Å². The first-order valence-corrected chi connectivity index (χ1v) is 7.24. The lowest BCUT2D eigenvalue weighted by Gasteiger charge is -2.33. The van der Waals surface area contributed by atoms with Crippen LogP contribution in [0.25, 0.3) is 0 Å². The van der Waals surface area contributed by atoms with Gasteiger partial charge in [0, 0.05) is 0 Å². The molecule has 0 atom stereocenters. The molecule has 12 nitrogen and oxygen atoms in total. The molecule has 3 N–H and O–H groups in total. The number of nitrogens with one attached hydrogen (secondary N) is 3. The van der Waals surface area contributed by atoms with Crippen LogP contribution in [0.2, 0.25) is 0 Å². The average molecular weight is 414 g/mol. The molecule has 0 fully saturated rings. The van der Waals surface area contributed by atoms with E-state index >= 15 is 0 Å². The van der Waals surface area contributed by atoms with Gasteiger partial charge in [0.25, 0.3) is 0 Å². The van der Waals surface area contributed by atoms with E-state index in [9.17, 15) is 8.63 Å². The van der Waals surface area contributed by atoms with Crippen molar-refractivity contribution >= 4 is 84.3 Å². The third kappa shape index (κ3) is 6.40. The molecule has 0 saturated carbocycles. The van der Waals surface area contributed by atoms with Crippen LogP contribution >= 0.6 is 36.7 Å². The second kappa shape index (κ2) is 8.36. The summed E-state index contributed by atoms with van der Waals surface area (Å²) in [6.45, 7) is 0. The lowest BCUT2D eigenvalue weighted by atomic mass is 10.2. The Kier molecular flexibility index (Phi) is 6.44. The van der Waals surface area contributed by atoms with E-state index in [0.29, 0.717) is 0 Å². The SMILES string of the molecule is F[B-]12O/N=C\C(=S)NO[B-](F)(ONC(=S)/C=N/O1)ONC(=S)/C=N/O2. The zero-order chi connectivity index (χ0) is 18.3. The van der Waals surface area contributed by atoms with Crippen molar-refractivity contribution in [3.63, 3.8) is 0 Å². The lowest BCUT2D eigenvalue weighted by molar-refractivity contribution is -0.0280. The zero-order valence-corrected chi connectivity index (χ0v) is 14.1. The molecule has 0 aromatic heterocycles. The van der Waals surface area contributed by atoms with Crippen molar-refractivity contribution in [3.8, 4) is 0 Å². The van der Waals surface area contributed by atoms with Gasteiger partial charge in [-0.3, -0.25) is 16.4 Å². The van der Waals surface area contributed by atoms with Gasteiger partial charge in [-0.2, -0.15) is 0 Å². The van der Waals surface area contributed by atoms with Crippen molar-refractivity contribution in [1.29, 1.82) is 0 Å². The van der Waals surface area contributed by atoms with Gasteiger partial charge in [0.2, 0.25) is 0 Å². The predicted octanol–water partition coefficient (Wildman–Crippen LogP) is -0.623. The Hall–Kier alpha value is -2.05. The molecule has 25 heavy (non-hydrogen) atoms. The summed E-state index contributed by atoms with van der Waals surface area (Å²) in [4.78, 5) is -1.12. The summed E-state index contributed by atoms with van der Waals surface area (Å²) in [5, 5.41) is 9.38. The standard InChI is InChI=1S/C6H6B2F2N6O6S3/c9-7-17-11-1-4(23)14-20-8(10,21-15-5(24)2-12-18-7)22-16-6(25)3-13-19-7/h1-3H,(H,14,23)(H,15,24)(H,16,25)/q-2/b11-1-,12-2+,13-3+. The van der Waals surface area contributed by atoms with Gasteiger partial charge in [-0.25, -0.2) is 0 Å². The summed E-state index contributed by atoms with van der Waals surface area (Å²) < 4.78 is 55.5. The minimum absolute atomic E-state index is 0.375. The third-order valence-corrected chi connectivity index (χ3v) is 2.54. The van der Waals surface area contributed by atoms with Gasteiger partial charge in [-0.05, 0) is 0 Å². The summed E-state index contributed by atoms with van der Waals surface area (Å²) in [5.74, 6) is 0. The molecule has 0 amide bonds. The highest BCUT2D eigenvalue weighted by Gasteiger charge is 2.40. The van der Waals surface area contributed by atoms with Crippen molar-refractivity contribution in [1.82, 2.24) is 16.4 Å². The Labute approximate surface area is 153 Å². The van der Waals surface area contributed by atoms with Gasteiger partial charge < -0.3 is 37.2 Å². The van der Waals surface area contributed by atoms with Crippen LogP contribution in [0, 0.1) is 0 Å². The van der Waals surface area contributed by atoms with Crippen molar-refractivity contribution < 1.29 is 37.2 Å². The molecular weight excluding hydrogens is 408 g/mol. The highest BCUT2D eigenvalue weighted by Crippen LogP contribution is 2.13. The molecule has 2 bridgehead atoms. The summed E-state index contributed by atoms with van der Waals surface area (Å²) in [6.07, 6.45) is 2.15. The Morgan fingerprint density at radius 2 is 1.00 bits per heavy atom. The highest BCUT2D eigenvalue weighted by molar-refractivity contribution is 7.82. The quantitative estimate of drug-likeness (QED) is 0.345. The molecule has 0 aromatic carbocycles. The maximum absolute atomic E-state index is 14.5. The summed E-state index contributed by atoms with van der Waals surface area (Å²) in [7, 11) is -8.24. The number of rotatable bonds is 0. The van der Waals surface area contributed by atoms with E-state index < -0.39 is 14.1 Å². The van der Waals surface area contributed by atoms with Gasteiger partial charge in [0.1, 0.15) is 15.0 Å². The van der Waals surface area contributed by atoms with Crippen molar-refractivity contribution in [2.45, 2.75) is 0 Å². The molecule has 3 aliphatic rings. The first kappa shape index (κ1) is 19.3. The number of fused-ring (bicyclic) bond motifs is 12. The summed E-state index contributed by atoms with van der Waals surface area (Å²) >= 11 is 14.1. The van der Waals surface area contributed by atoms with E-state index in [0.717, 1.165) is 18.6 Å². The molecule has 0 aliphatic carbocycles. The number of thiocarbonyl (C=S) groups is 3. The number of hydrogen-bond donors (Lipinski definition) is 3. The third-order valence-electron chi connectivity index (χ3n) is 1.97. The van der Waals surface area contributed by atoms with E-state index in [1.165, 1.54) is 0 Å². The molecule has 0 saturated heterocycles. The van der Waals surface area contributed by atoms with Crippen LogP contribution in [0.15, 0.2) is 15.5 Å². The number of hydroxylamine groups is 3. The van der Waals surface area contributed by atoms with Crippen LogP contribution in [0.4, 0.5) is 8.63 Å². The van der Waals surface area contributed by atoms with E-state index in [-0.39, 0.29) is 15.0 Å². The van der Waals surface area contributed by atoms with Crippen LogP contribution in [0.1, 0.15) is 0 Å². The normalized spacial score (nSPS) is 34.6. The van der Waals surface area contributed by atoms with E-state index in [1.54, 1.807) is 0 Å². The fourth-order valence-electron chi connectivity index (χ4n) is 1.05. The largest absolute Gasteiger partial charge is 0.812 e. The van der Waals surface area contributed by atoms with Gasteiger partial charge in [0.15, 0.2) is 0 Å². The Morgan fingerprint density at radius 3 is 1.32 bits per heavy atom. The maximum Gasteiger partial charge on any atom is 0.812 e. The number of oxime groups is 3. The van der Waals surface area contributed by atoms with Crippen LogP contribution in [0.3, 0.4) is 0 Å². The second-order valence-corrected chi connectivity index (χ2v) is 5.20. The highest BCUT2D eigenvalue weighted by atomic mass is 32.1. The van der Waals surface area contributed by atoms with E-state index in [2.05, 4.69) is 44.0 Å². The van der Waals surface area contributed by atoms with Gasteiger partial charge in [-0.1, -0.05) is 36.7 Å². The first-order chi connectivity index (χ1) is 11.8. The minimum Gasteiger partial charge on any atom is -0.510 e. The molecule has 19 heteroatoms. The predicted molar refractivity (Wildman–Crippen MR) is 92.9 cm³/mol. The number of hydrogen-bond acceptors (Lipinski definition) is 12. The van der Waals surface area contributed by atoms with Crippen molar-refractivity contribution in [2.75, 3.05) is 0 Å². The van der Waals surface area contributed by atoms with Crippen LogP contribution in [0.5, 0.6) is 0 Å². The fraction of sp³-hybridized carbons (Fsp3) is 0. The minimum atomic E-state index is -4.15.